The van der Waals surface area contributed by atoms with Gasteiger partial charge in [-0.25, -0.2) is 9.18 Å². The van der Waals surface area contributed by atoms with E-state index in [9.17, 15) is 19.1 Å². The number of aliphatic hydroxyl groups excluding tert-OH is 1. The van der Waals surface area contributed by atoms with E-state index in [1.165, 1.54) is 0 Å². The molecule has 2 N–H and O–H groups in total. The number of Topliss-reactive ketones (excluding diaryl/α,β-unsaturated/α-hetero) is 1. The molecule has 0 saturated heterocycles. The van der Waals surface area contributed by atoms with E-state index in [0.29, 0.717) is 32.1 Å². The van der Waals surface area contributed by atoms with Crippen molar-refractivity contribution >= 4 is 20.1 Å². The molecule has 1 saturated carbocycles. The number of unbranched alkanes of at least 4 members (excludes halogenated alkanes) is 1. The van der Waals surface area contributed by atoms with Gasteiger partial charge in [0.1, 0.15) is 12.5 Å². The summed E-state index contributed by atoms with van der Waals surface area (Å²) in [4.78, 5) is 23.0. The normalized spacial score (nSPS) is 23.0. The first-order valence-corrected chi connectivity index (χ1v) is 15.0. The summed E-state index contributed by atoms with van der Waals surface area (Å²) in [5.41, 5.74) is -0.764. The molecule has 7 heteroatoms. The Bertz CT molecular complexity index is 628. The fourth-order valence-corrected chi connectivity index (χ4v) is 5.70. The first kappa shape index (κ1) is 27.7. The lowest BCUT2D eigenvalue weighted by Gasteiger charge is -2.37. The van der Waals surface area contributed by atoms with Crippen molar-refractivity contribution < 1.29 is 28.6 Å². The Morgan fingerprint density at radius 2 is 2.03 bits per heavy atom. The van der Waals surface area contributed by atoms with E-state index in [4.69, 9.17) is 9.53 Å². The molecule has 0 bridgehead atoms. The summed E-state index contributed by atoms with van der Waals surface area (Å²) in [5, 5.41) is 18.0. The Labute approximate surface area is 187 Å². The number of rotatable bonds is 15. The van der Waals surface area contributed by atoms with Crippen molar-refractivity contribution in [1.82, 2.24) is 0 Å². The summed E-state index contributed by atoms with van der Waals surface area (Å²) in [7, 11) is -1.90. The molecule has 1 aliphatic carbocycles. The van der Waals surface area contributed by atoms with Crippen LogP contribution in [0.3, 0.4) is 0 Å². The predicted molar refractivity (Wildman–Crippen MR) is 124 cm³/mol. The van der Waals surface area contributed by atoms with Gasteiger partial charge in [0.05, 0.1) is 5.60 Å². The number of carboxylic acids is 1. The number of aliphatic carboxylic acids is 1. The molecule has 0 aromatic heterocycles. The van der Waals surface area contributed by atoms with Crippen LogP contribution in [0.2, 0.25) is 19.6 Å². The third-order valence-electron chi connectivity index (χ3n) is 5.73. The van der Waals surface area contributed by atoms with Gasteiger partial charge >= 0.3 is 5.97 Å². The second-order valence-corrected chi connectivity index (χ2v) is 14.1. The Balaban J connectivity index is 2.70. The van der Waals surface area contributed by atoms with Crippen LogP contribution in [-0.2, 0) is 14.0 Å². The second kappa shape index (κ2) is 13.3. The van der Waals surface area contributed by atoms with Crippen LogP contribution in [0.5, 0.6) is 0 Å². The first-order valence-electron chi connectivity index (χ1n) is 11.5. The van der Waals surface area contributed by atoms with Gasteiger partial charge < -0.3 is 14.6 Å². The lowest BCUT2D eigenvalue weighted by atomic mass is 9.89. The number of alkyl halides is 1. The summed E-state index contributed by atoms with van der Waals surface area (Å²) in [6.07, 6.45) is 12.2. The van der Waals surface area contributed by atoms with E-state index < -0.39 is 32.7 Å². The molecule has 0 heterocycles. The molecule has 1 rings (SSSR count). The van der Waals surface area contributed by atoms with Crippen LogP contribution in [0.15, 0.2) is 24.3 Å². The highest BCUT2D eigenvalue weighted by Gasteiger charge is 2.36. The first-order chi connectivity index (χ1) is 14.5. The second-order valence-electron chi connectivity index (χ2n) is 9.68. The van der Waals surface area contributed by atoms with Crippen molar-refractivity contribution in [3.05, 3.63) is 24.3 Å². The highest BCUT2D eigenvalue weighted by Crippen LogP contribution is 2.34. The molecule has 0 radical (unpaired) electrons. The van der Waals surface area contributed by atoms with Gasteiger partial charge in [0, 0.05) is 12.3 Å². The van der Waals surface area contributed by atoms with E-state index in [2.05, 4.69) is 32.6 Å². The molecule has 0 aromatic carbocycles. The largest absolute Gasteiger partial charge is 0.479 e. The van der Waals surface area contributed by atoms with Gasteiger partial charge in [-0.2, -0.15) is 0 Å². The summed E-state index contributed by atoms with van der Waals surface area (Å²) >= 11 is 0. The summed E-state index contributed by atoms with van der Waals surface area (Å²) in [6.45, 7) is 7.85. The molecule has 1 fully saturated rings. The van der Waals surface area contributed by atoms with Crippen molar-refractivity contribution in [3.63, 3.8) is 0 Å². The van der Waals surface area contributed by atoms with Crippen molar-refractivity contribution in [1.29, 1.82) is 0 Å². The zero-order valence-corrected chi connectivity index (χ0v) is 20.6. The van der Waals surface area contributed by atoms with Crippen molar-refractivity contribution in [3.8, 4) is 0 Å². The van der Waals surface area contributed by atoms with Crippen LogP contribution < -0.4 is 0 Å². The maximum Gasteiger partial charge on any atom is 0.332 e. The molecule has 5 nitrogen and oxygen atoms in total. The third-order valence-corrected chi connectivity index (χ3v) is 6.77. The van der Waals surface area contributed by atoms with E-state index in [1.807, 2.05) is 18.2 Å². The van der Waals surface area contributed by atoms with Gasteiger partial charge in [0.2, 0.25) is 0 Å². The minimum atomic E-state index is -1.90. The number of carbonyl (C=O) groups is 2. The standard InChI is InChI=1S/C24H41FO5Si/c1-5-6-16-24(18-25,30-31(2,3)4)17-10-11-19-14-15-21(26)20(19)12-8-7-9-13-22(27)23(28)29/h7-8,10-11,19-20,22,27H,5-6,9,12-18H2,1-4H3,(H,28,29)/t19-,20+,22?,24?/m0/s1. The zero-order chi connectivity index (χ0) is 23.5. The Morgan fingerprint density at radius 3 is 2.61 bits per heavy atom. The molecule has 2 unspecified atom stereocenters. The maximum atomic E-state index is 14.1. The van der Waals surface area contributed by atoms with Crippen molar-refractivity contribution in [2.75, 3.05) is 6.67 Å². The zero-order valence-electron chi connectivity index (χ0n) is 19.6. The molecule has 4 atom stereocenters. The fourth-order valence-electron chi connectivity index (χ4n) is 4.16. The Morgan fingerprint density at radius 1 is 1.32 bits per heavy atom. The van der Waals surface area contributed by atoms with Crippen molar-refractivity contribution in [2.45, 2.75) is 96.1 Å². The van der Waals surface area contributed by atoms with Gasteiger partial charge in [0.25, 0.3) is 0 Å². The van der Waals surface area contributed by atoms with E-state index in [1.54, 1.807) is 0 Å². The summed E-state index contributed by atoms with van der Waals surface area (Å²) < 4.78 is 20.4. The van der Waals surface area contributed by atoms with E-state index in [0.717, 1.165) is 19.3 Å². The van der Waals surface area contributed by atoms with Gasteiger partial charge in [-0.05, 0) is 64.1 Å². The molecule has 1 aliphatic rings. The number of allylic oxidation sites excluding steroid dienone is 3. The Hall–Kier alpha value is -1.31. The monoisotopic (exact) mass is 456 g/mol. The van der Waals surface area contributed by atoms with Crippen LogP contribution in [0.1, 0.15) is 64.7 Å². The van der Waals surface area contributed by atoms with Crippen LogP contribution in [0.25, 0.3) is 0 Å². The number of ketones is 1. The SMILES string of the molecule is CCCCC(CF)(CC=C[C@H]1CCC(=O)[C@@H]1CC=CCCC(O)C(=O)O)O[Si](C)(C)C. The summed E-state index contributed by atoms with van der Waals surface area (Å²) in [6, 6.07) is 0. The molecule has 0 aromatic rings. The fraction of sp³-hybridized carbons (Fsp3) is 0.750. The van der Waals surface area contributed by atoms with E-state index in [-0.39, 0.29) is 24.0 Å². The van der Waals surface area contributed by atoms with Crippen molar-refractivity contribution in [2.24, 2.45) is 11.8 Å². The van der Waals surface area contributed by atoms with Crippen LogP contribution in [0, 0.1) is 11.8 Å². The number of carbonyl (C=O) groups excluding carboxylic acids is 1. The van der Waals surface area contributed by atoms with Gasteiger partial charge in [-0.1, -0.05) is 44.1 Å². The number of carboxylic acid groups (broad SMARTS) is 1. The Kier molecular flexibility index (Phi) is 11.9. The molecule has 0 spiro atoms. The summed E-state index contributed by atoms with van der Waals surface area (Å²) in [5.74, 6) is -0.931. The van der Waals surface area contributed by atoms with Crippen LogP contribution >= 0.6 is 0 Å². The lowest BCUT2D eigenvalue weighted by molar-refractivity contribution is -0.146. The topological polar surface area (TPSA) is 83.8 Å². The highest BCUT2D eigenvalue weighted by molar-refractivity contribution is 6.69. The molecular formula is C24H41FO5Si. The number of hydrogen-bond donors (Lipinski definition) is 2. The van der Waals surface area contributed by atoms with Gasteiger partial charge in [-0.15, -0.1) is 0 Å². The lowest BCUT2D eigenvalue weighted by Crippen LogP contribution is -2.44. The minimum absolute atomic E-state index is 0.0924. The van der Waals surface area contributed by atoms with Gasteiger partial charge in [-0.3, -0.25) is 4.79 Å². The smallest absolute Gasteiger partial charge is 0.332 e. The van der Waals surface area contributed by atoms with Gasteiger partial charge in [0.15, 0.2) is 14.4 Å². The average Bonchev–Trinajstić information content (AvgIpc) is 3.04. The maximum absolute atomic E-state index is 14.1. The highest BCUT2D eigenvalue weighted by atomic mass is 28.4. The molecular weight excluding hydrogens is 415 g/mol. The van der Waals surface area contributed by atoms with Crippen LogP contribution in [0.4, 0.5) is 4.39 Å². The number of halogens is 1. The molecule has 178 valence electrons. The predicted octanol–water partition coefficient (Wildman–Crippen LogP) is 5.45. The molecule has 0 aliphatic heterocycles. The van der Waals surface area contributed by atoms with Crippen LogP contribution in [-0.4, -0.2) is 48.7 Å². The number of hydrogen-bond acceptors (Lipinski definition) is 4. The quantitative estimate of drug-likeness (QED) is 0.253. The van der Waals surface area contributed by atoms with E-state index >= 15 is 0 Å². The average molecular weight is 457 g/mol. The number of aliphatic hydroxyl groups is 1. The molecule has 31 heavy (non-hydrogen) atoms. The minimum Gasteiger partial charge on any atom is -0.479 e. The third kappa shape index (κ3) is 10.2. The molecule has 0 amide bonds.